The smallest absolute Gasteiger partial charge is 0.338 e. The minimum atomic E-state index is -4.32. The van der Waals surface area contributed by atoms with Crippen molar-refractivity contribution in [3.05, 3.63) is 29.6 Å². The maximum absolute atomic E-state index is 13.6. The van der Waals surface area contributed by atoms with Crippen LogP contribution in [-0.2, 0) is 19.6 Å². The number of hydrogen-bond acceptors (Lipinski definition) is 5. The van der Waals surface area contributed by atoms with Crippen molar-refractivity contribution < 1.29 is 32.2 Å². The average molecular weight is 347 g/mol. The number of ether oxygens (including phenoxy) is 1. The SMILES string of the molecule is CCOC(=O)c1cc(F)cc(S(=O)(=O)NC(C(=O)O)C(C)C)c1. The molecule has 1 atom stereocenters. The number of sulfonamides is 1. The summed E-state index contributed by atoms with van der Waals surface area (Å²) in [5.41, 5.74) is -0.274. The molecule has 1 unspecified atom stereocenters. The van der Waals surface area contributed by atoms with E-state index in [-0.39, 0.29) is 12.2 Å². The normalized spacial score (nSPS) is 12.9. The molecule has 0 aliphatic carbocycles. The monoisotopic (exact) mass is 347 g/mol. The van der Waals surface area contributed by atoms with E-state index < -0.39 is 44.6 Å². The van der Waals surface area contributed by atoms with Crippen molar-refractivity contribution in [1.29, 1.82) is 0 Å². The third kappa shape index (κ3) is 5.00. The van der Waals surface area contributed by atoms with Gasteiger partial charge in [0.15, 0.2) is 0 Å². The van der Waals surface area contributed by atoms with E-state index in [0.29, 0.717) is 6.07 Å². The molecule has 0 radical (unpaired) electrons. The Labute approximate surface area is 133 Å². The van der Waals surface area contributed by atoms with Crippen LogP contribution in [0.1, 0.15) is 31.1 Å². The molecule has 1 aromatic rings. The fourth-order valence-electron chi connectivity index (χ4n) is 1.76. The number of rotatable bonds is 7. The van der Waals surface area contributed by atoms with E-state index >= 15 is 0 Å². The van der Waals surface area contributed by atoms with Crippen molar-refractivity contribution in [2.75, 3.05) is 6.61 Å². The quantitative estimate of drug-likeness (QED) is 0.721. The molecule has 0 amide bonds. The molecule has 0 spiro atoms. The van der Waals surface area contributed by atoms with Gasteiger partial charge in [0.1, 0.15) is 11.9 Å². The second-order valence-electron chi connectivity index (χ2n) is 5.08. The first-order chi connectivity index (χ1) is 10.6. The third-order valence-electron chi connectivity index (χ3n) is 2.91. The molecular weight excluding hydrogens is 329 g/mol. The Morgan fingerprint density at radius 1 is 1.30 bits per heavy atom. The van der Waals surface area contributed by atoms with E-state index in [2.05, 4.69) is 0 Å². The molecule has 7 nitrogen and oxygen atoms in total. The lowest BCUT2D eigenvalue weighted by molar-refractivity contribution is -0.140. The summed E-state index contributed by atoms with van der Waals surface area (Å²) in [5, 5.41) is 9.05. The van der Waals surface area contributed by atoms with Crippen LogP contribution in [0, 0.1) is 11.7 Å². The lowest BCUT2D eigenvalue weighted by Crippen LogP contribution is -2.44. The summed E-state index contributed by atoms with van der Waals surface area (Å²) in [6.45, 7) is 4.65. The largest absolute Gasteiger partial charge is 0.480 e. The van der Waals surface area contributed by atoms with Gasteiger partial charge in [-0.3, -0.25) is 4.79 Å². The predicted octanol–water partition coefficient (Wildman–Crippen LogP) is 1.39. The molecule has 2 N–H and O–H groups in total. The molecule has 23 heavy (non-hydrogen) atoms. The highest BCUT2D eigenvalue weighted by molar-refractivity contribution is 7.89. The zero-order valence-electron chi connectivity index (χ0n) is 12.9. The number of carbonyl (C=O) groups is 2. The van der Waals surface area contributed by atoms with Crippen LogP contribution in [0.2, 0.25) is 0 Å². The zero-order chi connectivity index (χ0) is 17.8. The second-order valence-corrected chi connectivity index (χ2v) is 6.79. The summed E-state index contributed by atoms with van der Waals surface area (Å²) in [7, 11) is -4.32. The fourth-order valence-corrected chi connectivity index (χ4v) is 3.15. The average Bonchev–Trinajstić information content (AvgIpc) is 2.43. The van der Waals surface area contributed by atoms with Crippen LogP contribution in [0.4, 0.5) is 4.39 Å². The maximum Gasteiger partial charge on any atom is 0.338 e. The van der Waals surface area contributed by atoms with Gasteiger partial charge in [0, 0.05) is 0 Å². The Hall–Kier alpha value is -2.00. The standard InChI is InChI=1S/C14H18FNO6S/c1-4-22-14(19)9-5-10(15)7-11(6-9)23(20,21)16-12(8(2)3)13(17)18/h5-8,12,16H,4H2,1-3H3,(H,17,18). The van der Waals surface area contributed by atoms with E-state index in [4.69, 9.17) is 9.84 Å². The summed E-state index contributed by atoms with van der Waals surface area (Å²) >= 11 is 0. The number of esters is 1. The molecule has 1 rings (SSSR count). The third-order valence-corrected chi connectivity index (χ3v) is 4.33. The van der Waals surface area contributed by atoms with Gasteiger partial charge in [-0.1, -0.05) is 13.8 Å². The highest BCUT2D eigenvalue weighted by Crippen LogP contribution is 2.17. The number of carboxylic acid groups (broad SMARTS) is 1. The lowest BCUT2D eigenvalue weighted by Gasteiger charge is -2.18. The predicted molar refractivity (Wildman–Crippen MR) is 78.9 cm³/mol. The zero-order valence-corrected chi connectivity index (χ0v) is 13.7. The Bertz CT molecular complexity index is 701. The summed E-state index contributed by atoms with van der Waals surface area (Å²) in [6.07, 6.45) is 0. The minimum absolute atomic E-state index is 0.0458. The molecule has 1 aromatic carbocycles. The second kappa shape index (κ2) is 7.51. The van der Waals surface area contributed by atoms with Gasteiger partial charge in [0.2, 0.25) is 10.0 Å². The van der Waals surface area contributed by atoms with E-state index in [1.807, 2.05) is 4.72 Å². The highest BCUT2D eigenvalue weighted by atomic mass is 32.2. The Balaban J connectivity index is 3.23. The van der Waals surface area contributed by atoms with Crippen molar-refractivity contribution in [2.45, 2.75) is 31.7 Å². The molecule has 0 heterocycles. The van der Waals surface area contributed by atoms with Crippen LogP contribution < -0.4 is 4.72 Å². The molecule has 0 saturated heterocycles. The molecule has 0 saturated carbocycles. The van der Waals surface area contributed by atoms with E-state index in [1.165, 1.54) is 13.8 Å². The number of halogens is 1. The van der Waals surface area contributed by atoms with Crippen molar-refractivity contribution in [1.82, 2.24) is 4.72 Å². The van der Waals surface area contributed by atoms with Gasteiger partial charge in [0.25, 0.3) is 0 Å². The van der Waals surface area contributed by atoms with E-state index in [0.717, 1.165) is 12.1 Å². The van der Waals surface area contributed by atoms with Crippen molar-refractivity contribution in [3.63, 3.8) is 0 Å². The Morgan fingerprint density at radius 2 is 1.91 bits per heavy atom. The van der Waals surface area contributed by atoms with Gasteiger partial charge >= 0.3 is 11.9 Å². The lowest BCUT2D eigenvalue weighted by atomic mass is 10.1. The maximum atomic E-state index is 13.6. The van der Waals surface area contributed by atoms with Gasteiger partial charge < -0.3 is 9.84 Å². The number of carbonyl (C=O) groups excluding carboxylic acids is 1. The number of hydrogen-bond donors (Lipinski definition) is 2. The van der Waals surface area contributed by atoms with Crippen LogP contribution in [0.15, 0.2) is 23.1 Å². The molecule has 0 aliphatic heterocycles. The van der Waals surface area contributed by atoms with Gasteiger partial charge in [-0.2, -0.15) is 4.72 Å². The minimum Gasteiger partial charge on any atom is -0.480 e. The molecule has 0 bridgehead atoms. The fraction of sp³-hybridized carbons (Fsp3) is 0.429. The van der Waals surface area contributed by atoms with Gasteiger partial charge in [-0.05, 0) is 31.0 Å². The Kier molecular flexibility index (Phi) is 6.22. The molecule has 9 heteroatoms. The van der Waals surface area contributed by atoms with Gasteiger partial charge in [0.05, 0.1) is 17.1 Å². The van der Waals surface area contributed by atoms with Crippen LogP contribution in [-0.4, -0.2) is 38.1 Å². The van der Waals surface area contributed by atoms with Crippen LogP contribution in [0.3, 0.4) is 0 Å². The highest BCUT2D eigenvalue weighted by Gasteiger charge is 2.29. The topological polar surface area (TPSA) is 110 Å². The summed E-state index contributed by atoms with van der Waals surface area (Å²) in [5.74, 6) is -3.71. The van der Waals surface area contributed by atoms with E-state index in [1.54, 1.807) is 6.92 Å². The molecule has 0 aromatic heterocycles. The van der Waals surface area contributed by atoms with E-state index in [9.17, 15) is 22.4 Å². The first-order valence-electron chi connectivity index (χ1n) is 6.81. The first-order valence-corrected chi connectivity index (χ1v) is 8.29. The molecule has 0 aliphatic rings. The van der Waals surface area contributed by atoms with Crippen molar-refractivity contribution in [2.24, 2.45) is 5.92 Å². The summed E-state index contributed by atoms with van der Waals surface area (Å²) in [4.78, 5) is 22.2. The summed E-state index contributed by atoms with van der Waals surface area (Å²) < 4.78 is 44.8. The van der Waals surface area contributed by atoms with Crippen molar-refractivity contribution >= 4 is 22.0 Å². The molecular formula is C14H18FNO6S. The molecule has 128 valence electrons. The Morgan fingerprint density at radius 3 is 2.39 bits per heavy atom. The van der Waals surface area contributed by atoms with Crippen molar-refractivity contribution in [3.8, 4) is 0 Å². The van der Waals surface area contributed by atoms with Crippen LogP contribution in [0.25, 0.3) is 0 Å². The van der Waals surface area contributed by atoms with Crippen LogP contribution >= 0.6 is 0 Å². The van der Waals surface area contributed by atoms with Gasteiger partial charge in [-0.15, -0.1) is 0 Å². The molecule has 0 fully saturated rings. The number of carboxylic acids is 1. The number of aliphatic carboxylic acids is 1. The van der Waals surface area contributed by atoms with Gasteiger partial charge in [-0.25, -0.2) is 17.6 Å². The number of nitrogens with one attached hydrogen (secondary N) is 1. The first kappa shape index (κ1) is 19.0. The summed E-state index contributed by atoms with van der Waals surface area (Å²) in [6, 6.07) is 1.09. The van der Waals surface area contributed by atoms with Crippen LogP contribution in [0.5, 0.6) is 0 Å². The number of benzene rings is 1.